The van der Waals surface area contributed by atoms with Gasteiger partial charge in [-0.2, -0.15) is 0 Å². The van der Waals surface area contributed by atoms with E-state index in [-0.39, 0.29) is 17.0 Å². The van der Waals surface area contributed by atoms with Crippen LogP contribution < -0.4 is 14.4 Å². The molecular formula is C21H27ClN2O4S. The van der Waals surface area contributed by atoms with Crippen LogP contribution in [0.3, 0.4) is 0 Å². The number of rotatable bonds is 8. The van der Waals surface area contributed by atoms with Gasteiger partial charge in [0.1, 0.15) is 11.8 Å². The van der Waals surface area contributed by atoms with Crippen molar-refractivity contribution in [1.29, 1.82) is 0 Å². The highest BCUT2D eigenvalue weighted by molar-refractivity contribution is 7.92. The Morgan fingerprint density at radius 3 is 2.31 bits per heavy atom. The number of carbonyl (C=O) groups excluding carboxylic acids is 1. The highest BCUT2D eigenvalue weighted by Gasteiger charge is 2.32. The van der Waals surface area contributed by atoms with E-state index in [1.165, 1.54) is 13.2 Å². The molecule has 2 atom stereocenters. The third-order valence-corrected chi connectivity index (χ3v) is 6.13. The summed E-state index contributed by atoms with van der Waals surface area (Å²) < 4.78 is 31.4. The maximum Gasteiger partial charge on any atom is 0.244 e. The molecule has 1 N–H and O–H groups in total. The smallest absolute Gasteiger partial charge is 0.244 e. The van der Waals surface area contributed by atoms with Crippen molar-refractivity contribution >= 4 is 33.2 Å². The first-order valence-corrected chi connectivity index (χ1v) is 11.5. The van der Waals surface area contributed by atoms with Crippen LogP contribution in [-0.2, 0) is 14.8 Å². The van der Waals surface area contributed by atoms with Gasteiger partial charge in [-0.3, -0.25) is 9.10 Å². The summed E-state index contributed by atoms with van der Waals surface area (Å²) in [6.07, 6.45) is 1.37. The van der Waals surface area contributed by atoms with Crippen LogP contribution in [0, 0.1) is 6.92 Å². The number of hydrogen-bond acceptors (Lipinski definition) is 4. The van der Waals surface area contributed by atoms with Crippen LogP contribution in [0.5, 0.6) is 5.75 Å². The van der Waals surface area contributed by atoms with Gasteiger partial charge in [-0.15, -0.1) is 0 Å². The molecule has 0 aliphatic carbocycles. The van der Waals surface area contributed by atoms with Crippen LogP contribution in [0.1, 0.15) is 37.4 Å². The Morgan fingerprint density at radius 1 is 1.21 bits per heavy atom. The summed E-state index contributed by atoms with van der Waals surface area (Å²) in [5.41, 5.74) is 2.37. The van der Waals surface area contributed by atoms with Gasteiger partial charge in [0.15, 0.2) is 0 Å². The average molecular weight is 439 g/mol. The Morgan fingerprint density at radius 2 is 1.83 bits per heavy atom. The lowest BCUT2D eigenvalue weighted by Gasteiger charge is -2.31. The minimum atomic E-state index is -3.74. The van der Waals surface area contributed by atoms with Gasteiger partial charge in [-0.05, 0) is 44.0 Å². The number of ether oxygens (including phenoxy) is 1. The molecule has 2 aromatic rings. The summed E-state index contributed by atoms with van der Waals surface area (Å²) in [6, 6.07) is 11.3. The average Bonchev–Trinajstić information content (AvgIpc) is 2.65. The Hall–Kier alpha value is -2.25. The number of nitrogens with zero attached hydrogens (tertiary/aromatic N) is 1. The number of halogens is 1. The second-order valence-corrected chi connectivity index (χ2v) is 9.21. The SMILES string of the molecule is CCC(C(=O)NC(C)c1ccc(C)cc1)N(c1ccc(OC)c(Cl)c1)S(C)(=O)=O. The molecule has 0 aliphatic rings. The maximum atomic E-state index is 13.0. The Balaban J connectivity index is 2.34. The molecule has 158 valence electrons. The van der Waals surface area contributed by atoms with Crippen molar-refractivity contribution in [3.05, 3.63) is 58.6 Å². The number of sulfonamides is 1. The number of aryl methyl sites for hydroxylation is 1. The molecule has 0 heterocycles. The molecule has 2 unspecified atom stereocenters. The molecule has 0 fully saturated rings. The highest BCUT2D eigenvalue weighted by atomic mass is 35.5. The van der Waals surface area contributed by atoms with Crippen molar-refractivity contribution in [2.75, 3.05) is 17.7 Å². The molecule has 0 spiro atoms. The monoisotopic (exact) mass is 438 g/mol. The van der Waals surface area contributed by atoms with Crippen molar-refractivity contribution in [3.8, 4) is 5.75 Å². The quantitative estimate of drug-likeness (QED) is 0.673. The van der Waals surface area contributed by atoms with Gasteiger partial charge in [0, 0.05) is 0 Å². The minimum absolute atomic E-state index is 0.266. The first-order valence-electron chi connectivity index (χ1n) is 9.28. The molecule has 6 nitrogen and oxygen atoms in total. The van der Waals surface area contributed by atoms with E-state index in [4.69, 9.17) is 16.3 Å². The van der Waals surface area contributed by atoms with Crippen molar-refractivity contribution in [1.82, 2.24) is 5.32 Å². The van der Waals surface area contributed by atoms with Gasteiger partial charge < -0.3 is 10.1 Å². The summed E-state index contributed by atoms with van der Waals surface area (Å²) in [5, 5.41) is 3.19. The minimum Gasteiger partial charge on any atom is -0.495 e. The fourth-order valence-corrected chi connectivity index (χ4v) is 4.56. The van der Waals surface area contributed by atoms with E-state index >= 15 is 0 Å². The topological polar surface area (TPSA) is 75.7 Å². The first-order chi connectivity index (χ1) is 13.6. The normalized spacial score (nSPS) is 13.4. The van der Waals surface area contributed by atoms with Gasteiger partial charge in [0.05, 0.1) is 30.1 Å². The van der Waals surface area contributed by atoms with E-state index in [0.29, 0.717) is 17.9 Å². The van der Waals surface area contributed by atoms with Crippen LogP contribution in [0.4, 0.5) is 5.69 Å². The Labute approximate surface area is 177 Å². The number of amides is 1. The highest BCUT2D eigenvalue weighted by Crippen LogP contribution is 2.32. The van der Waals surface area contributed by atoms with Crippen LogP contribution >= 0.6 is 11.6 Å². The van der Waals surface area contributed by atoms with E-state index in [1.54, 1.807) is 19.1 Å². The summed E-state index contributed by atoms with van der Waals surface area (Å²) in [4.78, 5) is 13.0. The van der Waals surface area contributed by atoms with Gasteiger partial charge >= 0.3 is 0 Å². The lowest BCUT2D eigenvalue weighted by atomic mass is 10.1. The van der Waals surface area contributed by atoms with Gasteiger partial charge in [0.2, 0.25) is 15.9 Å². The number of benzene rings is 2. The molecule has 8 heteroatoms. The van der Waals surface area contributed by atoms with Crippen LogP contribution in [-0.4, -0.2) is 33.7 Å². The molecular weight excluding hydrogens is 412 g/mol. The van der Waals surface area contributed by atoms with E-state index in [1.807, 2.05) is 38.1 Å². The molecule has 0 aromatic heterocycles. The summed E-state index contributed by atoms with van der Waals surface area (Å²) in [5.74, 6) is 0.0484. The Kier molecular flexibility index (Phi) is 7.54. The predicted molar refractivity (Wildman–Crippen MR) is 117 cm³/mol. The van der Waals surface area contributed by atoms with Gasteiger partial charge in [0.25, 0.3) is 0 Å². The summed E-state index contributed by atoms with van der Waals surface area (Å²) in [7, 11) is -2.27. The molecule has 0 bridgehead atoms. The molecule has 0 aliphatic heterocycles. The number of hydrogen-bond donors (Lipinski definition) is 1. The molecule has 0 radical (unpaired) electrons. The Bertz CT molecular complexity index is 961. The molecule has 29 heavy (non-hydrogen) atoms. The van der Waals surface area contributed by atoms with Crippen LogP contribution in [0.15, 0.2) is 42.5 Å². The van der Waals surface area contributed by atoms with Crippen molar-refractivity contribution in [3.63, 3.8) is 0 Å². The maximum absolute atomic E-state index is 13.0. The number of methoxy groups -OCH3 is 1. The largest absolute Gasteiger partial charge is 0.495 e. The fourth-order valence-electron chi connectivity index (χ4n) is 3.10. The van der Waals surface area contributed by atoms with Crippen molar-refractivity contribution in [2.24, 2.45) is 0 Å². The number of anilines is 1. The van der Waals surface area contributed by atoms with Crippen molar-refractivity contribution < 1.29 is 17.9 Å². The second-order valence-electron chi connectivity index (χ2n) is 6.94. The van der Waals surface area contributed by atoms with E-state index in [9.17, 15) is 13.2 Å². The zero-order valence-corrected chi connectivity index (χ0v) is 18.8. The molecule has 0 saturated carbocycles. The van der Waals surface area contributed by atoms with Crippen molar-refractivity contribution in [2.45, 2.75) is 39.3 Å². The van der Waals surface area contributed by atoms with Crippen LogP contribution in [0.2, 0.25) is 5.02 Å². The predicted octanol–water partition coefficient (Wildman–Crippen LogP) is 4.08. The molecule has 2 rings (SSSR count). The van der Waals surface area contributed by atoms with Crippen LogP contribution in [0.25, 0.3) is 0 Å². The lowest BCUT2D eigenvalue weighted by molar-refractivity contribution is -0.122. The molecule has 0 saturated heterocycles. The summed E-state index contributed by atoms with van der Waals surface area (Å²) >= 11 is 6.18. The van der Waals surface area contributed by atoms with Gasteiger partial charge in [-0.1, -0.05) is 48.4 Å². The number of carbonyl (C=O) groups is 1. The molecule has 1 amide bonds. The van der Waals surface area contributed by atoms with E-state index in [0.717, 1.165) is 21.7 Å². The second kappa shape index (κ2) is 9.50. The molecule has 2 aromatic carbocycles. The summed E-state index contributed by atoms with van der Waals surface area (Å²) in [6.45, 7) is 5.62. The van der Waals surface area contributed by atoms with E-state index in [2.05, 4.69) is 5.32 Å². The van der Waals surface area contributed by atoms with Gasteiger partial charge in [-0.25, -0.2) is 8.42 Å². The third kappa shape index (κ3) is 5.64. The number of nitrogens with one attached hydrogen (secondary N) is 1. The van der Waals surface area contributed by atoms with E-state index < -0.39 is 16.1 Å². The fraction of sp³-hybridized carbons (Fsp3) is 0.381. The zero-order valence-electron chi connectivity index (χ0n) is 17.3. The third-order valence-electron chi connectivity index (χ3n) is 4.66. The standard InChI is InChI=1S/C21H27ClN2O4S/c1-6-19(21(25)23-15(3)16-9-7-14(2)8-10-16)24(29(5,26)27)17-11-12-20(28-4)18(22)13-17/h7-13,15,19H,6H2,1-5H3,(H,23,25). The lowest BCUT2D eigenvalue weighted by Crippen LogP contribution is -2.49. The zero-order chi connectivity index (χ0) is 21.8. The first kappa shape index (κ1) is 23.0.